The molecule has 2 N–H and O–H groups in total. The minimum absolute atomic E-state index is 0.00781. The number of fused-ring (bicyclic) bond motifs is 1. The predicted molar refractivity (Wildman–Crippen MR) is 117 cm³/mol. The largest absolute Gasteiger partial charge is 0.452 e. The van der Waals surface area contributed by atoms with Crippen molar-refractivity contribution in [2.45, 2.75) is 24.7 Å². The molecule has 0 spiro atoms. The lowest BCUT2D eigenvalue weighted by Gasteiger charge is -2.32. The topological polar surface area (TPSA) is 72.1 Å². The standard InChI is InChI=1S/C18H11Br2Cl2F3N4O2/c19-12-5-4-10(31-12)9-6-11(18(23,24)25)29-16(26-9)13(20)15(28-29)17(30)27-8-3-1-2-7(21)14(8)22/h1-5,9,11,26H,6H2,(H,27,30)/t9-,11+/m0/s1. The summed E-state index contributed by atoms with van der Waals surface area (Å²) >= 11 is 18.4. The van der Waals surface area contributed by atoms with Gasteiger partial charge in [0.1, 0.15) is 11.6 Å². The van der Waals surface area contributed by atoms with Crippen LogP contribution < -0.4 is 10.6 Å². The van der Waals surface area contributed by atoms with Crippen LogP contribution in [0.2, 0.25) is 10.0 Å². The maximum absolute atomic E-state index is 13.8. The number of nitrogens with zero attached hydrogens (tertiary/aromatic N) is 2. The molecular weight excluding hydrogens is 592 g/mol. The van der Waals surface area contributed by atoms with Crippen LogP contribution in [0.3, 0.4) is 0 Å². The lowest BCUT2D eigenvalue weighted by molar-refractivity contribution is -0.174. The van der Waals surface area contributed by atoms with E-state index in [-0.39, 0.29) is 38.1 Å². The molecule has 1 aliphatic heterocycles. The summed E-state index contributed by atoms with van der Waals surface area (Å²) in [4.78, 5) is 12.8. The van der Waals surface area contributed by atoms with E-state index in [0.717, 1.165) is 4.68 Å². The number of hydrogen-bond acceptors (Lipinski definition) is 4. The third-order valence-corrected chi connectivity index (χ3v) is 6.64. The van der Waals surface area contributed by atoms with Crippen molar-refractivity contribution in [1.82, 2.24) is 9.78 Å². The van der Waals surface area contributed by atoms with Crippen LogP contribution in [-0.4, -0.2) is 21.9 Å². The van der Waals surface area contributed by atoms with Crippen molar-refractivity contribution < 1.29 is 22.4 Å². The van der Waals surface area contributed by atoms with Gasteiger partial charge in [0.25, 0.3) is 5.91 Å². The predicted octanol–water partition coefficient (Wildman–Crippen LogP) is 7.22. The van der Waals surface area contributed by atoms with E-state index in [2.05, 4.69) is 47.6 Å². The number of furan rings is 1. The van der Waals surface area contributed by atoms with Crippen LogP contribution in [-0.2, 0) is 0 Å². The minimum Gasteiger partial charge on any atom is -0.452 e. The second kappa shape index (κ2) is 8.34. The molecular formula is C18H11Br2Cl2F3N4O2. The lowest BCUT2D eigenvalue weighted by atomic mass is 10.0. The summed E-state index contributed by atoms with van der Waals surface area (Å²) in [5, 5.41) is 9.75. The van der Waals surface area contributed by atoms with Crippen molar-refractivity contribution in [3.8, 4) is 0 Å². The highest BCUT2D eigenvalue weighted by Gasteiger charge is 2.48. The van der Waals surface area contributed by atoms with Gasteiger partial charge in [-0.1, -0.05) is 29.3 Å². The zero-order valence-electron chi connectivity index (χ0n) is 15.1. The van der Waals surface area contributed by atoms with Crippen molar-refractivity contribution in [2.24, 2.45) is 0 Å². The number of anilines is 2. The highest BCUT2D eigenvalue weighted by atomic mass is 79.9. The summed E-state index contributed by atoms with van der Waals surface area (Å²) in [6.45, 7) is 0. The molecule has 0 unspecified atom stereocenters. The lowest BCUT2D eigenvalue weighted by Crippen LogP contribution is -2.35. The Bertz CT molecular complexity index is 1170. The van der Waals surface area contributed by atoms with Gasteiger partial charge in [0.15, 0.2) is 16.4 Å². The van der Waals surface area contributed by atoms with Gasteiger partial charge in [0.05, 0.1) is 26.2 Å². The summed E-state index contributed by atoms with van der Waals surface area (Å²) in [6.07, 6.45) is -4.97. The molecule has 3 heterocycles. The van der Waals surface area contributed by atoms with Crippen LogP contribution in [0, 0.1) is 0 Å². The average molecular weight is 603 g/mol. The first-order chi connectivity index (χ1) is 14.6. The first kappa shape index (κ1) is 22.5. The van der Waals surface area contributed by atoms with Gasteiger partial charge in [-0.05, 0) is 56.1 Å². The Labute approximate surface area is 200 Å². The molecule has 0 bridgehead atoms. The number of carbonyl (C=O) groups excluding carboxylic acids is 1. The van der Waals surface area contributed by atoms with Crippen molar-refractivity contribution in [3.63, 3.8) is 0 Å². The van der Waals surface area contributed by atoms with Gasteiger partial charge in [0.2, 0.25) is 0 Å². The first-order valence-electron chi connectivity index (χ1n) is 8.68. The average Bonchev–Trinajstić information content (AvgIpc) is 3.27. The Balaban J connectivity index is 1.71. The van der Waals surface area contributed by atoms with Crippen molar-refractivity contribution >= 4 is 72.5 Å². The van der Waals surface area contributed by atoms with Crippen LogP contribution in [0.15, 0.2) is 43.9 Å². The number of carbonyl (C=O) groups is 1. The molecule has 0 saturated heterocycles. The number of nitrogens with one attached hydrogen (secondary N) is 2. The SMILES string of the molecule is O=C(Nc1cccc(Cl)c1Cl)c1nn2c(c1Br)N[C@H](c1ccc(Br)o1)C[C@@H]2C(F)(F)F. The third-order valence-electron chi connectivity index (χ3n) is 4.65. The maximum Gasteiger partial charge on any atom is 0.410 e. The van der Waals surface area contributed by atoms with Crippen LogP contribution >= 0.6 is 55.1 Å². The van der Waals surface area contributed by atoms with Crippen molar-refractivity contribution in [3.05, 3.63) is 61.0 Å². The Morgan fingerprint density at radius 2 is 2.00 bits per heavy atom. The molecule has 3 aromatic rings. The van der Waals surface area contributed by atoms with Crippen molar-refractivity contribution in [2.75, 3.05) is 10.6 Å². The van der Waals surface area contributed by atoms with E-state index >= 15 is 0 Å². The minimum atomic E-state index is -4.60. The number of aromatic nitrogens is 2. The molecule has 164 valence electrons. The van der Waals surface area contributed by atoms with Gasteiger partial charge in [-0.15, -0.1) is 0 Å². The molecule has 6 nitrogen and oxygen atoms in total. The number of alkyl halides is 3. The van der Waals surface area contributed by atoms with E-state index in [1.807, 2.05) is 0 Å². The molecule has 2 atom stereocenters. The summed E-state index contributed by atoms with van der Waals surface area (Å²) in [7, 11) is 0. The Morgan fingerprint density at radius 1 is 1.26 bits per heavy atom. The number of hydrogen-bond donors (Lipinski definition) is 2. The maximum atomic E-state index is 13.8. The van der Waals surface area contributed by atoms with Crippen LogP contribution in [0.5, 0.6) is 0 Å². The zero-order chi connectivity index (χ0) is 22.5. The van der Waals surface area contributed by atoms with E-state index in [4.69, 9.17) is 27.6 Å². The van der Waals surface area contributed by atoms with Gasteiger partial charge in [-0.25, -0.2) is 4.68 Å². The Kier molecular flexibility index (Phi) is 6.06. The van der Waals surface area contributed by atoms with Crippen LogP contribution in [0.1, 0.15) is 34.8 Å². The first-order valence-corrected chi connectivity index (χ1v) is 11.0. The second-order valence-electron chi connectivity index (χ2n) is 6.64. The van der Waals surface area contributed by atoms with Gasteiger partial charge in [-0.2, -0.15) is 18.3 Å². The molecule has 31 heavy (non-hydrogen) atoms. The van der Waals surface area contributed by atoms with Gasteiger partial charge in [-0.3, -0.25) is 4.79 Å². The molecule has 1 aliphatic rings. The molecule has 0 radical (unpaired) electrons. The number of amides is 1. The zero-order valence-corrected chi connectivity index (χ0v) is 19.8. The molecule has 0 fully saturated rings. The van der Waals surface area contributed by atoms with Gasteiger partial charge < -0.3 is 15.1 Å². The van der Waals surface area contributed by atoms with E-state index in [1.54, 1.807) is 18.2 Å². The quantitative estimate of drug-likeness (QED) is 0.332. The molecule has 1 amide bonds. The molecule has 4 rings (SSSR count). The van der Waals surface area contributed by atoms with Gasteiger partial charge >= 0.3 is 6.18 Å². The summed E-state index contributed by atoms with van der Waals surface area (Å²) in [6, 6.07) is 5.04. The van der Waals surface area contributed by atoms with Gasteiger partial charge in [0, 0.05) is 6.42 Å². The number of halogens is 7. The summed E-state index contributed by atoms with van der Waals surface area (Å²) in [5.74, 6) is -0.427. The smallest absolute Gasteiger partial charge is 0.410 e. The molecule has 0 saturated carbocycles. The van der Waals surface area contributed by atoms with E-state index < -0.39 is 24.2 Å². The van der Waals surface area contributed by atoms with E-state index in [1.165, 1.54) is 12.1 Å². The normalized spacial score (nSPS) is 18.4. The summed E-state index contributed by atoms with van der Waals surface area (Å²) in [5.41, 5.74) is -0.0373. The highest BCUT2D eigenvalue weighted by Crippen LogP contribution is 2.46. The number of rotatable bonds is 3. The van der Waals surface area contributed by atoms with Crippen LogP contribution in [0.25, 0.3) is 0 Å². The van der Waals surface area contributed by atoms with E-state index in [9.17, 15) is 18.0 Å². The molecule has 0 aliphatic carbocycles. The van der Waals surface area contributed by atoms with Crippen molar-refractivity contribution in [1.29, 1.82) is 0 Å². The molecule has 1 aromatic carbocycles. The number of benzene rings is 1. The Hall–Kier alpha value is -1.69. The fourth-order valence-corrected chi connectivity index (χ4v) is 4.44. The van der Waals surface area contributed by atoms with Crippen LogP contribution in [0.4, 0.5) is 24.7 Å². The summed E-state index contributed by atoms with van der Waals surface area (Å²) < 4.78 is 48.1. The molecule has 2 aromatic heterocycles. The second-order valence-corrected chi connectivity index (χ2v) is 9.00. The monoisotopic (exact) mass is 600 g/mol. The fourth-order valence-electron chi connectivity index (χ4n) is 3.22. The third kappa shape index (κ3) is 4.33. The highest BCUT2D eigenvalue weighted by molar-refractivity contribution is 9.10. The fraction of sp³-hybridized carbons (Fsp3) is 0.222. The Morgan fingerprint density at radius 3 is 2.65 bits per heavy atom. The molecule has 13 heteroatoms. The van der Waals surface area contributed by atoms with E-state index in [0.29, 0.717) is 10.4 Å².